The van der Waals surface area contributed by atoms with Crippen LogP contribution in [0.2, 0.25) is 0 Å². The average molecular weight is 430 g/mol. The quantitative estimate of drug-likeness (QED) is 0.596. The third-order valence-corrected chi connectivity index (χ3v) is 5.62. The number of nitrogens with one attached hydrogen (secondary N) is 1. The highest BCUT2D eigenvalue weighted by Crippen LogP contribution is 2.32. The van der Waals surface area contributed by atoms with Crippen LogP contribution in [0.5, 0.6) is 5.75 Å². The normalized spacial score (nSPS) is 15.9. The molecule has 0 bridgehead atoms. The number of rotatable bonds is 7. The van der Waals surface area contributed by atoms with Gasteiger partial charge in [0.05, 0.1) is 11.7 Å². The molecule has 1 saturated heterocycles. The highest BCUT2D eigenvalue weighted by molar-refractivity contribution is 7.13. The van der Waals surface area contributed by atoms with Crippen LogP contribution in [0.25, 0.3) is 10.6 Å². The SMILES string of the molecule is O=C(NC[C@@H]1CCCO1)c1csc(-c2ccccc2OCc2ccc(F)c(F)c2)n1. The Morgan fingerprint density at radius 3 is 2.90 bits per heavy atom. The van der Waals surface area contributed by atoms with Crippen molar-refractivity contribution in [2.45, 2.75) is 25.6 Å². The monoisotopic (exact) mass is 430 g/mol. The molecular weight excluding hydrogens is 410 g/mol. The molecule has 0 radical (unpaired) electrons. The van der Waals surface area contributed by atoms with Gasteiger partial charge in [0.25, 0.3) is 5.91 Å². The number of hydrogen-bond acceptors (Lipinski definition) is 5. The number of nitrogens with zero attached hydrogens (tertiary/aromatic N) is 1. The zero-order valence-electron chi connectivity index (χ0n) is 16.1. The Bertz CT molecular complexity index is 1030. The van der Waals surface area contributed by atoms with Crippen LogP contribution in [0.3, 0.4) is 0 Å². The second-order valence-electron chi connectivity index (χ2n) is 6.92. The molecule has 3 aromatic rings. The molecule has 1 N–H and O–H groups in total. The molecule has 0 unspecified atom stereocenters. The van der Waals surface area contributed by atoms with Crippen LogP contribution in [0.1, 0.15) is 28.9 Å². The van der Waals surface area contributed by atoms with E-state index in [0.29, 0.717) is 28.6 Å². The van der Waals surface area contributed by atoms with E-state index in [-0.39, 0.29) is 18.6 Å². The number of carbonyl (C=O) groups is 1. The summed E-state index contributed by atoms with van der Waals surface area (Å²) >= 11 is 1.34. The molecule has 1 fully saturated rings. The van der Waals surface area contributed by atoms with Gasteiger partial charge in [-0.25, -0.2) is 13.8 Å². The Morgan fingerprint density at radius 1 is 1.23 bits per heavy atom. The van der Waals surface area contributed by atoms with Crippen molar-refractivity contribution >= 4 is 17.2 Å². The van der Waals surface area contributed by atoms with Crippen LogP contribution in [-0.2, 0) is 11.3 Å². The maximum absolute atomic E-state index is 13.4. The van der Waals surface area contributed by atoms with Gasteiger partial charge in [-0.1, -0.05) is 18.2 Å². The van der Waals surface area contributed by atoms with E-state index in [2.05, 4.69) is 10.3 Å². The van der Waals surface area contributed by atoms with E-state index in [0.717, 1.165) is 37.1 Å². The Balaban J connectivity index is 1.44. The zero-order chi connectivity index (χ0) is 20.9. The van der Waals surface area contributed by atoms with Crippen LogP contribution in [0.15, 0.2) is 47.8 Å². The van der Waals surface area contributed by atoms with Crippen molar-refractivity contribution in [3.05, 3.63) is 70.7 Å². The Morgan fingerprint density at radius 2 is 2.10 bits per heavy atom. The summed E-state index contributed by atoms with van der Waals surface area (Å²) in [6.45, 7) is 1.29. The van der Waals surface area contributed by atoms with Crippen molar-refractivity contribution in [1.82, 2.24) is 10.3 Å². The van der Waals surface area contributed by atoms with Gasteiger partial charge >= 0.3 is 0 Å². The molecule has 0 saturated carbocycles. The fourth-order valence-corrected chi connectivity index (χ4v) is 3.99. The average Bonchev–Trinajstić information content (AvgIpc) is 3.45. The molecule has 1 aliphatic heterocycles. The summed E-state index contributed by atoms with van der Waals surface area (Å²) < 4.78 is 37.8. The molecule has 0 spiro atoms. The number of ether oxygens (including phenoxy) is 2. The number of amides is 1. The van der Waals surface area contributed by atoms with Crippen LogP contribution in [-0.4, -0.2) is 30.1 Å². The van der Waals surface area contributed by atoms with E-state index in [9.17, 15) is 13.6 Å². The van der Waals surface area contributed by atoms with Gasteiger partial charge in [0, 0.05) is 18.5 Å². The second kappa shape index (κ2) is 9.32. The number of thiazole rings is 1. The summed E-state index contributed by atoms with van der Waals surface area (Å²) in [6.07, 6.45) is 2.03. The molecule has 1 aliphatic rings. The van der Waals surface area contributed by atoms with E-state index >= 15 is 0 Å². The van der Waals surface area contributed by atoms with Gasteiger partial charge in [-0.05, 0) is 42.7 Å². The van der Waals surface area contributed by atoms with Crippen molar-refractivity contribution in [3.63, 3.8) is 0 Å². The zero-order valence-corrected chi connectivity index (χ0v) is 16.9. The van der Waals surface area contributed by atoms with Crippen LogP contribution < -0.4 is 10.1 Å². The standard InChI is InChI=1S/C22H20F2N2O3S/c23-17-8-7-14(10-18(17)24)12-29-20-6-2-1-5-16(20)22-26-19(13-30-22)21(27)25-11-15-4-3-9-28-15/h1-2,5-8,10,13,15H,3-4,9,11-12H2,(H,25,27)/t15-/m0/s1. The van der Waals surface area contributed by atoms with Gasteiger partial charge in [-0.15, -0.1) is 11.3 Å². The van der Waals surface area contributed by atoms with Gasteiger partial charge in [-0.3, -0.25) is 4.79 Å². The first-order valence-corrected chi connectivity index (χ1v) is 10.5. The first-order chi connectivity index (χ1) is 14.6. The molecule has 4 rings (SSSR count). The molecule has 5 nitrogen and oxygen atoms in total. The number of benzene rings is 2. The minimum atomic E-state index is -0.914. The van der Waals surface area contributed by atoms with E-state index in [4.69, 9.17) is 9.47 Å². The molecule has 156 valence electrons. The Hall–Kier alpha value is -2.84. The van der Waals surface area contributed by atoms with Crippen molar-refractivity contribution in [3.8, 4) is 16.3 Å². The van der Waals surface area contributed by atoms with Crippen LogP contribution in [0, 0.1) is 11.6 Å². The summed E-state index contributed by atoms with van der Waals surface area (Å²) in [7, 11) is 0. The van der Waals surface area contributed by atoms with Gasteiger partial charge in [0.1, 0.15) is 23.1 Å². The number of aromatic nitrogens is 1. The summed E-state index contributed by atoms with van der Waals surface area (Å²) in [5.41, 5.74) is 1.57. The molecule has 0 aliphatic carbocycles. The minimum Gasteiger partial charge on any atom is -0.488 e. The van der Waals surface area contributed by atoms with Gasteiger partial charge in [0.2, 0.25) is 0 Å². The molecule has 1 atom stereocenters. The minimum absolute atomic E-state index is 0.0671. The summed E-state index contributed by atoms with van der Waals surface area (Å²) in [6, 6.07) is 10.9. The third-order valence-electron chi connectivity index (χ3n) is 4.75. The largest absolute Gasteiger partial charge is 0.488 e. The number of para-hydroxylation sites is 1. The van der Waals surface area contributed by atoms with E-state index in [1.54, 1.807) is 11.4 Å². The topological polar surface area (TPSA) is 60.5 Å². The fourth-order valence-electron chi connectivity index (χ4n) is 3.16. The lowest BCUT2D eigenvalue weighted by atomic mass is 10.2. The Labute approximate surface area is 176 Å². The predicted octanol–water partition coefficient (Wildman–Crippen LogP) is 4.58. The van der Waals surface area contributed by atoms with Crippen molar-refractivity contribution < 1.29 is 23.0 Å². The molecule has 1 aromatic heterocycles. The smallest absolute Gasteiger partial charge is 0.270 e. The highest BCUT2D eigenvalue weighted by Gasteiger charge is 2.19. The molecule has 2 aromatic carbocycles. The molecule has 8 heteroatoms. The molecular formula is C22H20F2N2O3S. The maximum Gasteiger partial charge on any atom is 0.270 e. The maximum atomic E-state index is 13.4. The Kier molecular flexibility index (Phi) is 6.35. The van der Waals surface area contributed by atoms with Gasteiger partial charge in [-0.2, -0.15) is 0 Å². The van der Waals surface area contributed by atoms with Crippen molar-refractivity contribution in [1.29, 1.82) is 0 Å². The lowest BCUT2D eigenvalue weighted by Crippen LogP contribution is -2.31. The van der Waals surface area contributed by atoms with E-state index < -0.39 is 11.6 Å². The van der Waals surface area contributed by atoms with Crippen molar-refractivity contribution in [2.24, 2.45) is 0 Å². The molecule has 30 heavy (non-hydrogen) atoms. The van der Waals surface area contributed by atoms with Crippen LogP contribution >= 0.6 is 11.3 Å². The summed E-state index contributed by atoms with van der Waals surface area (Å²) in [5.74, 6) is -1.51. The fraction of sp³-hybridized carbons (Fsp3) is 0.273. The summed E-state index contributed by atoms with van der Waals surface area (Å²) in [5, 5.41) is 5.20. The summed E-state index contributed by atoms with van der Waals surface area (Å²) in [4.78, 5) is 16.8. The number of halogens is 2. The molecule has 1 amide bonds. The third kappa shape index (κ3) is 4.83. The highest BCUT2D eigenvalue weighted by atomic mass is 32.1. The van der Waals surface area contributed by atoms with Crippen molar-refractivity contribution in [2.75, 3.05) is 13.2 Å². The first kappa shape index (κ1) is 20.4. The lowest BCUT2D eigenvalue weighted by Gasteiger charge is -2.10. The van der Waals surface area contributed by atoms with E-state index in [1.165, 1.54) is 17.4 Å². The van der Waals surface area contributed by atoms with Gasteiger partial charge < -0.3 is 14.8 Å². The first-order valence-electron chi connectivity index (χ1n) is 9.61. The second-order valence-corrected chi connectivity index (χ2v) is 7.77. The lowest BCUT2D eigenvalue weighted by molar-refractivity contribution is 0.0854. The van der Waals surface area contributed by atoms with Crippen LogP contribution in [0.4, 0.5) is 8.78 Å². The number of carbonyl (C=O) groups excluding carboxylic acids is 1. The van der Waals surface area contributed by atoms with E-state index in [1.807, 2.05) is 18.2 Å². The van der Waals surface area contributed by atoms with Gasteiger partial charge in [0.15, 0.2) is 11.6 Å². The number of hydrogen-bond donors (Lipinski definition) is 1. The predicted molar refractivity (Wildman–Crippen MR) is 110 cm³/mol. The molecule has 2 heterocycles.